The van der Waals surface area contributed by atoms with Crippen LogP contribution in [0.1, 0.15) is 23.6 Å². The lowest BCUT2D eigenvalue weighted by Crippen LogP contribution is -2.20. The molecule has 0 aliphatic heterocycles. The van der Waals surface area contributed by atoms with Crippen molar-refractivity contribution in [2.24, 2.45) is 0 Å². The van der Waals surface area contributed by atoms with Crippen molar-refractivity contribution in [1.29, 1.82) is 0 Å². The van der Waals surface area contributed by atoms with Gasteiger partial charge in [-0.1, -0.05) is 18.2 Å². The van der Waals surface area contributed by atoms with Gasteiger partial charge in [0.1, 0.15) is 30.5 Å². The van der Waals surface area contributed by atoms with E-state index in [9.17, 15) is 18.0 Å². The average Bonchev–Trinajstić information content (AvgIpc) is 3.01. The van der Waals surface area contributed by atoms with Crippen LogP contribution in [0.5, 0.6) is 23.0 Å². The number of anilines is 1. The number of hydrogen-bond acceptors (Lipinski definition) is 7. The van der Waals surface area contributed by atoms with Gasteiger partial charge in [-0.2, -0.15) is 13.2 Å². The quantitative estimate of drug-likeness (QED) is 0.148. The first-order valence-electron chi connectivity index (χ1n) is 14.4. The van der Waals surface area contributed by atoms with Gasteiger partial charge in [-0.05, 0) is 74.1 Å². The number of carbonyl (C=O) groups is 1. The van der Waals surface area contributed by atoms with Crippen LogP contribution < -0.4 is 24.3 Å². The summed E-state index contributed by atoms with van der Waals surface area (Å²) in [7, 11) is 5.17. The van der Waals surface area contributed by atoms with E-state index in [1.54, 1.807) is 45.6 Å². The van der Waals surface area contributed by atoms with Crippen LogP contribution in [0.2, 0.25) is 0 Å². The van der Waals surface area contributed by atoms with E-state index in [0.717, 1.165) is 17.7 Å². The van der Waals surface area contributed by atoms with Crippen LogP contribution in [-0.4, -0.2) is 56.8 Å². The summed E-state index contributed by atoms with van der Waals surface area (Å²) in [4.78, 5) is 18.8. The first-order chi connectivity index (χ1) is 21.9. The Morgan fingerprint density at radius 1 is 0.891 bits per heavy atom. The molecule has 3 aromatic carbocycles. The fraction of sp³-hybridized carbons (Fsp3) is 0.294. The summed E-state index contributed by atoms with van der Waals surface area (Å²) < 4.78 is 77.9. The molecule has 4 aromatic rings. The molecule has 244 valence electrons. The number of amides is 1. The monoisotopic (exact) mass is 641 g/mol. The summed E-state index contributed by atoms with van der Waals surface area (Å²) in [5.41, 5.74) is 0.924. The second kappa shape index (κ2) is 15.4. The van der Waals surface area contributed by atoms with Crippen molar-refractivity contribution in [1.82, 2.24) is 9.88 Å². The van der Waals surface area contributed by atoms with E-state index < -0.39 is 29.9 Å². The second-order valence-electron chi connectivity index (χ2n) is 10.5. The number of rotatable bonds is 14. The lowest BCUT2D eigenvalue weighted by molar-refractivity contribution is -0.137. The molecule has 1 N–H and O–H groups in total. The average molecular weight is 642 g/mol. The minimum absolute atomic E-state index is 0.0402. The van der Waals surface area contributed by atoms with Crippen molar-refractivity contribution in [2.45, 2.75) is 26.1 Å². The van der Waals surface area contributed by atoms with Crippen molar-refractivity contribution in [3.63, 3.8) is 0 Å². The zero-order chi connectivity index (χ0) is 33.3. The number of hydrogen-bond donors (Lipinski definition) is 1. The summed E-state index contributed by atoms with van der Waals surface area (Å²) in [6, 6.07) is 14.5. The van der Waals surface area contributed by atoms with Gasteiger partial charge >= 0.3 is 6.18 Å². The van der Waals surface area contributed by atoms with Gasteiger partial charge in [0.15, 0.2) is 11.5 Å². The van der Waals surface area contributed by atoms with Gasteiger partial charge < -0.3 is 29.2 Å². The molecule has 0 aliphatic carbocycles. The third-order valence-electron chi connectivity index (χ3n) is 6.71. The fourth-order valence-electron chi connectivity index (χ4n) is 4.41. The summed E-state index contributed by atoms with van der Waals surface area (Å²) in [5, 5.41) is 2.43. The number of likely N-dealkylation sites (N-methyl/N-ethyl adjacent to an activating group) is 1. The number of pyridine rings is 1. The van der Waals surface area contributed by atoms with Crippen molar-refractivity contribution < 1.29 is 41.3 Å². The molecule has 8 nitrogen and oxygen atoms in total. The van der Waals surface area contributed by atoms with Crippen LogP contribution in [0.3, 0.4) is 0 Å². The SMILES string of the molecule is CCOc1cc(COc2cncc(-c3ccc(CC(=O)Nc4cc(OCCN(C)C)cc(C(F)(F)F)c4)c(F)c3)c2)ccc1OC. The molecule has 0 saturated heterocycles. The van der Waals surface area contributed by atoms with E-state index >= 15 is 4.39 Å². The lowest BCUT2D eigenvalue weighted by Gasteiger charge is -2.15. The Hall–Kier alpha value is -4.84. The number of ether oxygens (including phenoxy) is 4. The maximum absolute atomic E-state index is 15.1. The highest BCUT2D eigenvalue weighted by atomic mass is 19.4. The molecule has 0 fully saturated rings. The topological polar surface area (TPSA) is 82.2 Å². The van der Waals surface area contributed by atoms with Crippen LogP contribution >= 0.6 is 0 Å². The number of carbonyl (C=O) groups excluding carboxylic acids is 1. The Labute approximate surface area is 264 Å². The Balaban J connectivity index is 1.42. The van der Waals surface area contributed by atoms with Crippen LogP contribution in [0.15, 0.2) is 73.1 Å². The zero-order valence-corrected chi connectivity index (χ0v) is 25.9. The van der Waals surface area contributed by atoms with Gasteiger partial charge in [0.2, 0.25) is 5.91 Å². The lowest BCUT2D eigenvalue weighted by atomic mass is 10.0. The summed E-state index contributed by atoms with van der Waals surface area (Å²) >= 11 is 0. The van der Waals surface area contributed by atoms with Crippen molar-refractivity contribution in [3.05, 3.63) is 95.6 Å². The van der Waals surface area contributed by atoms with E-state index in [0.29, 0.717) is 41.5 Å². The molecule has 0 aliphatic rings. The number of alkyl halides is 3. The highest BCUT2D eigenvalue weighted by Crippen LogP contribution is 2.34. The summed E-state index contributed by atoms with van der Waals surface area (Å²) in [6.07, 6.45) is -1.95. The number of nitrogens with one attached hydrogen (secondary N) is 1. The molecule has 0 bridgehead atoms. The van der Waals surface area contributed by atoms with Gasteiger partial charge in [-0.3, -0.25) is 9.78 Å². The molecule has 1 heterocycles. The van der Waals surface area contributed by atoms with Crippen LogP contribution in [-0.2, 0) is 24.0 Å². The summed E-state index contributed by atoms with van der Waals surface area (Å²) in [5.74, 6) is 0.294. The first-order valence-corrected chi connectivity index (χ1v) is 14.4. The zero-order valence-electron chi connectivity index (χ0n) is 25.9. The van der Waals surface area contributed by atoms with E-state index in [2.05, 4.69) is 10.3 Å². The Kier molecular flexibility index (Phi) is 11.4. The molecule has 1 aromatic heterocycles. The third kappa shape index (κ3) is 9.58. The number of benzene rings is 3. The molecule has 1 amide bonds. The van der Waals surface area contributed by atoms with Gasteiger partial charge in [0, 0.05) is 30.1 Å². The molecule has 0 spiro atoms. The maximum Gasteiger partial charge on any atom is 0.416 e. The maximum atomic E-state index is 15.1. The van der Waals surface area contributed by atoms with Gasteiger partial charge in [0.25, 0.3) is 0 Å². The number of nitrogens with zero attached hydrogens (tertiary/aromatic N) is 2. The second-order valence-corrected chi connectivity index (χ2v) is 10.5. The highest BCUT2D eigenvalue weighted by Gasteiger charge is 2.31. The van der Waals surface area contributed by atoms with Crippen LogP contribution in [0.4, 0.5) is 23.2 Å². The van der Waals surface area contributed by atoms with E-state index in [1.165, 1.54) is 24.4 Å². The third-order valence-corrected chi connectivity index (χ3v) is 6.71. The molecule has 0 atom stereocenters. The molecular weight excluding hydrogens is 606 g/mol. The molecular formula is C34H35F4N3O5. The number of methoxy groups -OCH3 is 1. The first kappa shape index (κ1) is 34.0. The minimum Gasteiger partial charge on any atom is -0.493 e. The van der Waals surface area contributed by atoms with E-state index in [4.69, 9.17) is 18.9 Å². The highest BCUT2D eigenvalue weighted by molar-refractivity contribution is 5.92. The molecule has 0 saturated carbocycles. The fourth-order valence-corrected chi connectivity index (χ4v) is 4.41. The molecule has 12 heteroatoms. The predicted molar refractivity (Wildman–Crippen MR) is 166 cm³/mol. The number of halogens is 4. The Morgan fingerprint density at radius 2 is 1.70 bits per heavy atom. The molecule has 0 radical (unpaired) electrons. The molecule has 46 heavy (non-hydrogen) atoms. The Bertz CT molecular complexity index is 1650. The Morgan fingerprint density at radius 3 is 2.39 bits per heavy atom. The van der Waals surface area contributed by atoms with Crippen molar-refractivity contribution in [2.75, 3.05) is 46.3 Å². The van der Waals surface area contributed by atoms with Gasteiger partial charge in [-0.15, -0.1) is 0 Å². The van der Waals surface area contributed by atoms with E-state index in [1.807, 2.05) is 24.0 Å². The largest absolute Gasteiger partial charge is 0.493 e. The minimum atomic E-state index is -4.65. The molecule has 0 unspecified atom stereocenters. The summed E-state index contributed by atoms with van der Waals surface area (Å²) in [6.45, 7) is 3.23. The van der Waals surface area contributed by atoms with Crippen molar-refractivity contribution in [3.8, 4) is 34.1 Å². The van der Waals surface area contributed by atoms with Crippen molar-refractivity contribution >= 4 is 11.6 Å². The van der Waals surface area contributed by atoms with Gasteiger partial charge in [-0.25, -0.2) is 4.39 Å². The predicted octanol–water partition coefficient (Wildman–Crippen LogP) is 7.01. The van der Waals surface area contributed by atoms with Gasteiger partial charge in [0.05, 0.1) is 31.9 Å². The number of aromatic nitrogens is 1. The van der Waals surface area contributed by atoms with Crippen LogP contribution in [0, 0.1) is 5.82 Å². The normalized spacial score (nSPS) is 11.3. The van der Waals surface area contributed by atoms with E-state index in [-0.39, 0.29) is 30.2 Å². The smallest absolute Gasteiger partial charge is 0.416 e. The standard InChI is InChI=1S/C34H35F4N3O5/c1-5-44-32-12-22(6-9-31(32)43-4)21-46-29-13-25(19-39-20-29)23-7-8-24(30(35)14-23)15-33(42)40-27-16-26(34(36,37)38)17-28(18-27)45-11-10-41(2)3/h6-9,12-14,16-20H,5,10-11,15,21H2,1-4H3,(H,40,42). The molecule has 4 rings (SSSR count). The van der Waals surface area contributed by atoms with Crippen LogP contribution in [0.25, 0.3) is 11.1 Å².